The summed E-state index contributed by atoms with van der Waals surface area (Å²) < 4.78 is 11.1. The first-order valence-electron chi connectivity index (χ1n) is 8.55. The predicted octanol–water partition coefficient (Wildman–Crippen LogP) is 3.53. The van der Waals surface area contributed by atoms with E-state index in [-0.39, 0.29) is 6.42 Å². The lowest BCUT2D eigenvalue weighted by Gasteiger charge is -2.33. The van der Waals surface area contributed by atoms with Gasteiger partial charge in [0.15, 0.2) is 0 Å². The Labute approximate surface area is 158 Å². The Bertz CT molecular complexity index is 761. The van der Waals surface area contributed by atoms with E-state index in [1.807, 2.05) is 30.3 Å². The van der Waals surface area contributed by atoms with Gasteiger partial charge in [-0.3, -0.25) is 0 Å². The van der Waals surface area contributed by atoms with Crippen LogP contribution in [0.15, 0.2) is 54.6 Å². The number of hydrogen-bond acceptors (Lipinski definition) is 4. The molecule has 0 saturated carbocycles. The van der Waals surface area contributed by atoms with E-state index in [0.29, 0.717) is 12.2 Å². The summed E-state index contributed by atoms with van der Waals surface area (Å²) in [7, 11) is 0. The van der Waals surface area contributed by atoms with Gasteiger partial charge in [-0.2, -0.15) is 0 Å². The van der Waals surface area contributed by atoms with E-state index < -0.39 is 23.1 Å². The van der Waals surface area contributed by atoms with Crippen LogP contribution in [0.2, 0.25) is 0 Å². The summed E-state index contributed by atoms with van der Waals surface area (Å²) in [5.74, 6) is -2.31. The van der Waals surface area contributed by atoms with Crippen molar-refractivity contribution in [1.29, 1.82) is 0 Å². The Morgan fingerprint density at radius 2 is 1.37 bits per heavy atom. The third-order valence-corrected chi connectivity index (χ3v) is 3.80. The number of para-hydroxylation sites is 1. The van der Waals surface area contributed by atoms with Gasteiger partial charge in [0, 0.05) is 6.42 Å². The van der Waals surface area contributed by atoms with Gasteiger partial charge in [0.25, 0.3) is 5.60 Å². The number of carboxylic acid groups (broad SMARTS) is 2. The largest absolute Gasteiger partial charge is 0.489 e. The predicted molar refractivity (Wildman–Crippen MR) is 99.8 cm³/mol. The van der Waals surface area contributed by atoms with Crippen LogP contribution >= 0.6 is 0 Å². The third kappa shape index (κ3) is 5.56. The average molecular weight is 372 g/mol. The van der Waals surface area contributed by atoms with Gasteiger partial charge in [0.1, 0.15) is 12.4 Å². The Hall–Kier alpha value is -2.86. The lowest BCUT2D eigenvalue weighted by atomic mass is 9.92. The minimum absolute atomic E-state index is 0.283. The van der Waals surface area contributed by atoms with Crippen molar-refractivity contribution in [3.8, 4) is 5.75 Å². The number of aliphatic carboxylic acids is 2. The van der Waals surface area contributed by atoms with Crippen LogP contribution in [0.4, 0.5) is 0 Å². The highest BCUT2D eigenvalue weighted by molar-refractivity contribution is 6.02. The Kier molecular flexibility index (Phi) is 6.23. The molecule has 0 heterocycles. The van der Waals surface area contributed by atoms with Crippen molar-refractivity contribution in [1.82, 2.24) is 0 Å². The van der Waals surface area contributed by atoms with Gasteiger partial charge in [0.05, 0.1) is 5.60 Å². The van der Waals surface area contributed by atoms with Gasteiger partial charge in [0.2, 0.25) is 0 Å². The molecule has 0 aromatic heterocycles. The van der Waals surface area contributed by atoms with E-state index in [9.17, 15) is 19.8 Å². The molecule has 0 saturated heterocycles. The van der Waals surface area contributed by atoms with E-state index >= 15 is 0 Å². The molecule has 0 amide bonds. The molecule has 0 aliphatic rings. The van der Waals surface area contributed by atoms with Crippen molar-refractivity contribution in [2.75, 3.05) is 0 Å². The van der Waals surface area contributed by atoms with Gasteiger partial charge in [-0.25, -0.2) is 9.59 Å². The second-order valence-corrected chi connectivity index (χ2v) is 7.25. The fraction of sp³-hybridized carbons (Fsp3) is 0.333. The molecule has 0 aliphatic heterocycles. The fourth-order valence-electron chi connectivity index (χ4n) is 2.61. The Morgan fingerprint density at radius 3 is 1.85 bits per heavy atom. The Balaban J connectivity index is 2.14. The maximum atomic E-state index is 11.7. The van der Waals surface area contributed by atoms with E-state index in [4.69, 9.17) is 9.47 Å². The monoisotopic (exact) mass is 372 g/mol. The lowest BCUT2D eigenvalue weighted by molar-refractivity contribution is -0.199. The highest BCUT2D eigenvalue weighted by Crippen LogP contribution is 2.26. The summed E-state index contributed by atoms with van der Waals surface area (Å²) in [6, 6.07) is 16.3. The molecule has 0 aliphatic carbocycles. The van der Waals surface area contributed by atoms with Crippen LogP contribution in [-0.4, -0.2) is 33.4 Å². The molecule has 0 spiro atoms. The van der Waals surface area contributed by atoms with E-state index in [1.165, 1.54) is 0 Å². The molecule has 6 heteroatoms. The van der Waals surface area contributed by atoms with Crippen molar-refractivity contribution in [3.63, 3.8) is 0 Å². The molecule has 2 rings (SSSR count). The van der Waals surface area contributed by atoms with Crippen LogP contribution in [-0.2, 0) is 27.4 Å². The minimum Gasteiger partial charge on any atom is -0.489 e. The first-order valence-corrected chi connectivity index (χ1v) is 8.55. The molecule has 0 atom stereocenters. The number of carboxylic acids is 2. The average Bonchev–Trinajstić information content (AvgIpc) is 2.60. The first kappa shape index (κ1) is 20.5. The number of ether oxygens (including phenoxy) is 2. The number of benzene rings is 2. The van der Waals surface area contributed by atoms with Gasteiger partial charge >= 0.3 is 11.9 Å². The molecule has 144 valence electrons. The normalized spacial score (nSPS) is 11.8. The molecular formula is C21H24O6. The smallest absolute Gasteiger partial charge is 0.348 e. The highest BCUT2D eigenvalue weighted by Gasteiger charge is 2.50. The molecule has 2 N–H and O–H groups in total. The van der Waals surface area contributed by atoms with Gasteiger partial charge < -0.3 is 19.7 Å². The zero-order valence-electron chi connectivity index (χ0n) is 15.6. The van der Waals surface area contributed by atoms with Crippen molar-refractivity contribution >= 4 is 11.9 Å². The SMILES string of the molecule is CC(C)(C)OC(Cc1ccc(COc2ccccc2)cc1)(C(=O)O)C(=O)O. The second kappa shape index (κ2) is 8.22. The van der Waals surface area contributed by atoms with Gasteiger partial charge in [-0.05, 0) is 44.0 Å². The van der Waals surface area contributed by atoms with Crippen molar-refractivity contribution in [2.24, 2.45) is 0 Å². The lowest BCUT2D eigenvalue weighted by Crippen LogP contribution is -2.54. The zero-order chi connectivity index (χ0) is 20.1. The summed E-state index contributed by atoms with van der Waals surface area (Å²) in [6.07, 6.45) is -0.283. The van der Waals surface area contributed by atoms with Crippen LogP contribution in [0, 0.1) is 0 Å². The van der Waals surface area contributed by atoms with Crippen LogP contribution in [0.1, 0.15) is 31.9 Å². The molecular weight excluding hydrogens is 348 g/mol. The molecule has 0 radical (unpaired) electrons. The molecule has 0 fully saturated rings. The molecule has 6 nitrogen and oxygen atoms in total. The molecule has 27 heavy (non-hydrogen) atoms. The summed E-state index contributed by atoms with van der Waals surface area (Å²) in [5, 5.41) is 19.1. The molecule has 2 aromatic rings. The maximum absolute atomic E-state index is 11.7. The van der Waals surface area contributed by atoms with Crippen molar-refractivity contribution in [3.05, 3.63) is 65.7 Å². The van der Waals surface area contributed by atoms with Crippen LogP contribution < -0.4 is 4.74 Å². The quantitative estimate of drug-likeness (QED) is 0.689. The molecule has 2 aromatic carbocycles. The van der Waals surface area contributed by atoms with Crippen LogP contribution in [0.3, 0.4) is 0 Å². The standard InChI is InChI=1S/C21H24O6/c1-20(2,3)27-21(18(22)23,19(24)25)13-15-9-11-16(12-10-15)14-26-17-7-5-4-6-8-17/h4-12H,13-14H2,1-3H3,(H,22,23)(H,24,25). The van der Waals surface area contributed by atoms with E-state index in [0.717, 1.165) is 11.3 Å². The van der Waals surface area contributed by atoms with E-state index in [2.05, 4.69) is 0 Å². The second-order valence-electron chi connectivity index (χ2n) is 7.25. The number of carbonyl (C=O) groups is 2. The van der Waals surface area contributed by atoms with Crippen molar-refractivity contribution in [2.45, 2.75) is 45.0 Å². The highest BCUT2D eigenvalue weighted by atomic mass is 16.6. The summed E-state index contributed by atoms with van der Waals surface area (Å²) >= 11 is 0. The van der Waals surface area contributed by atoms with Crippen LogP contribution in [0.5, 0.6) is 5.75 Å². The zero-order valence-corrected chi connectivity index (χ0v) is 15.6. The Morgan fingerprint density at radius 1 is 0.852 bits per heavy atom. The van der Waals surface area contributed by atoms with E-state index in [1.54, 1.807) is 45.0 Å². The number of hydrogen-bond donors (Lipinski definition) is 2. The van der Waals surface area contributed by atoms with Crippen LogP contribution in [0.25, 0.3) is 0 Å². The van der Waals surface area contributed by atoms with Gasteiger partial charge in [-0.1, -0.05) is 42.5 Å². The third-order valence-electron chi connectivity index (χ3n) is 3.80. The van der Waals surface area contributed by atoms with Crippen molar-refractivity contribution < 1.29 is 29.3 Å². The molecule has 0 bridgehead atoms. The summed E-state index contributed by atoms with van der Waals surface area (Å²) in [4.78, 5) is 23.5. The maximum Gasteiger partial charge on any atom is 0.348 e. The van der Waals surface area contributed by atoms with Gasteiger partial charge in [-0.15, -0.1) is 0 Å². The first-order chi connectivity index (χ1) is 12.6. The summed E-state index contributed by atoms with van der Waals surface area (Å²) in [5.41, 5.74) is -1.84. The fourth-order valence-corrected chi connectivity index (χ4v) is 2.61. The number of rotatable bonds is 8. The molecule has 0 unspecified atom stereocenters. The minimum atomic E-state index is -2.35. The summed E-state index contributed by atoms with van der Waals surface area (Å²) in [6.45, 7) is 5.22. The topological polar surface area (TPSA) is 93.1 Å².